The van der Waals surface area contributed by atoms with Gasteiger partial charge in [0.15, 0.2) is 0 Å². The Morgan fingerprint density at radius 2 is 1.58 bits per heavy atom. The lowest BCUT2D eigenvalue weighted by Gasteiger charge is -2.36. The van der Waals surface area contributed by atoms with E-state index in [-0.39, 0.29) is 0 Å². The largest absolute Gasteiger partial charge is 0.381 e. The maximum absolute atomic E-state index is 3.82. The van der Waals surface area contributed by atoms with Crippen LogP contribution in [0.15, 0.2) is 42.5 Å². The van der Waals surface area contributed by atoms with Gasteiger partial charge in [0.05, 0.1) is 0 Å². The fourth-order valence-electron chi connectivity index (χ4n) is 3.50. The molecule has 2 atom stereocenters. The van der Waals surface area contributed by atoms with E-state index in [0.29, 0.717) is 6.04 Å². The Bertz CT molecular complexity index is 545. The van der Waals surface area contributed by atoms with E-state index in [1.54, 1.807) is 0 Å². The first kappa shape index (κ1) is 12.5. The van der Waals surface area contributed by atoms with Gasteiger partial charge in [-0.2, -0.15) is 0 Å². The molecule has 0 heterocycles. The van der Waals surface area contributed by atoms with Crippen molar-refractivity contribution in [2.24, 2.45) is 11.8 Å². The Hall–Kier alpha value is -1.50. The summed E-state index contributed by atoms with van der Waals surface area (Å²) in [4.78, 5) is 0. The summed E-state index contributed by atoms with van der Waals surface area (Å²) >= 11 is 0. The molecule has 1 saturated carbocycles. The minimum absolute atomic E-state index is 0.611. The molecule has 0 saturated heterocycles. The molecule has 1 heteroatoms. The molecule has 0 bridgehead atoms. The summed E-state index contributed by atoms with van der Waals surface area (Å²) in [6.07, 6.45) is 4.09. The van der Waals surface area contributed by atoms with E-state index in [2.05, 4.69) is 61.6 Å². The van der Waals surface area contributed by atoms with Crippen LogP contribution in [0.4, 0.5) is 5.69 Å². The quantitative estimate of drug-likeness (QED) is 0.787. The van der Waals surface area contributed by atoms with Crippen LogP contribution in [-0.4, -0.2) is 6.04 Å². The summed E-state index contributed by atoms with van der Waals surface area (Å²) in [5.41, 5.74) is 1.30. The Morgan fingerprint density at radius 1 is 0.895 bits per heavy atom. The molecule has 2 aromatic rings. The van der Waals surface area contributed by atoms with Crippen molar-refractivity contribution in [1.82, 2.24) is 0 Å². The highest BCUT2D eigenvalue weighted by atomic mass is 14.9. The van der Waals surface area contributed by atoms with Crippen molar-refractivity contribution in [3.8, 4) is 0 Å². The van der Waals surface area contributed by atoms with Crippen LogP contribution in [-0.2, 0) is 0 Å². The highest BCUT2D eigenvalue weighted by Gasteiger charge is 2.27. The van der Waals surface area contributed by atoms with Gasteiger partial charge in [0.2, 0.25) is 0 Å². The van der Waals surface area contributed by atoms with Crippen molar-refractivity contribution in [3.05, 3.63) is 42.5 Å². The van der Waals surface area contributed by atoms with Crippen LogP contribution in [0.3, 0.4) is 0 Å². The minimum Gasteiger partial charge on any atom is -0.381 e. The fourth-order valence-corrected chi connectivity index (χ4v) is 3.50. The summed E-state index contributed by atoms with van der Waals surface area (Å²) < 4.78 is 0. The molecule has 0 aliphatic heterocycles. The standard InChI is InChI=1S/C18H23N/c1-13-7-5-8-14(2)18(13)19-17-12-6-10-15-9-3-4-11-16(15)17/h3-4,6,9-14,18-19H,5,7-8H2,1-2H3. The van der Waals surface area contributed by atoms with Gasteiger partial charge in [-0.05, 0) is 36.1 Å². The molecule has 0 aromatic heterocycles. The van der Waals surface area contributed by atoms with Crippen LogP contribution in [0.1, 0.15) is 33.1 Å². The molecule has 0 amide bonds. The average molecular weight is 253 g/mol. The Labute approximate surface area is 116 Å². The van der Waals surface area contributed by atoms with Crippen LogP contribution in [0, 0.1) is 11.8 Å². The number of anilines is 1. The lowest BCUT2D eigenvalue weighted by molar-refractivity contribution is 0.268. The lowest BCUT2D eigenvalue weighted by atomic mass is 9.78. The topological polar surface area (TPSA) is 12.0 Å². The highest BCUT2D eigenvalue weighted by Crippen LogP contribution is 2.33. The summed E-state index contributed by atoms with van der Waals surface area (Å²) in [6, 6.07) is 15.8. The monoisotopic (exact) mass is 253 g/mol. The second kappa shape index (κ2) is 5.24. The van der Waals surface area contributed by atoms with E-state index >= 15 is 0 Å². The van der Waals surface area contributed by atoms with Crippen molar-refractivity contribution in [3.63, 3.8) is 0 Å². The molecule has 1 fully saturated rings. The Kier molecular flexibility index (Phi) is 3.46. The summed E-state index contributed by atoms with van der Waals surface area (Å²) in [5, 5.41) is 6.49. The molecule has 0 spiro atoms. The third-order valence-corrected chi connectivity index (χ3v) is 4.66. The van der Waals surface area contributed by atoms with Gasteiger partial charge in [0.1, 0.15) is 0 Å². The third kappa shape index (κ3) is 2.47. The van der Waals surface area contributed by atoms with E-state index in [0.717, 1.165) is 11.8 Å². The van der Waals surface area contributed by atoms with Gasteiger partial charge in [-0.1, -0.05) is 56.7 Å². The van der Waals surface area contributed by atoms with Gasteiger partial charge in [0.25, 0.3) is 0 Å². The summed E-state index contributed by atoms with van der Waals surface area (Å²) in [6.45, 7) is 4.77. The summed E-state index contributed by atoms with van der Waals surface area (Å²) in [7, 11) is 0. The van der Waals surface area contributed by atoms with Crippen molar-refractivity contribution in [2.45, 2.75) is 39.2 Å². The SMILES string of the molecule is CC1CCCC(C)C1Nc1cccc2ccccc12. The maximum Gasteiger partial charge on any atom is 0.0422 e. The molecule has 0 radical (unpaired) electrons. The molecule has 1 aliphatic carbocycles. The number of nitrogens with one attached hydrogen (secondary N) is 1. The predicted octanol–water partition coefficient (Wildman–Crippen LogP) is 5.08. The first-order chi connectivity index (χ1) is 9.25. The van der Waals surface area contributed by atoms with Gasteiger partial charge < -0.3 is 5.32 Å². The number of benzene rings is 2. The molecule has 1 aliphatic rings. The van der Waals surface area contributed by atoms with Gasteiger partial charge >= 0.3 is 0 Å². The molecule has 1 N–H and O–H groups in total. The second-order valence-corrected chi connectivity index (χ2v) is 6.08. The van der Waals surface area contributed by atoms with Crippen LogP contribution in [0.25, 0.3) is 10.8 Å². The van der Waals surface area contributed by atoms with Crippen molar-refractivity contribution in [2.75, 3.05) is 5.32 Å². The van der Waals surface area contributed by atoms with Crippen LogP contribution < -0.4 is 5.32 Å². The fraction of sp³-hybridized carbons (Fsp3) is 0.444. The first-order valence-electron chi connectivity index (χ1n) is 7.50. The van der Waals surface area contributed by atoms with E-state index in [9.17, 15) is 0 Å². The van der Waals surface area contributed by atoms with Crippen molar-refractivity contribution < 1.29 is 0 Å². The summed E-state index contributed by atoms with van der Waals surface area (Å²) in [5.74, 6) is 1.53. The molecule has 19 heavy (non-hydrogen) atoms. The van der Waals surface area contributed by atoms with Crippen molar-refractivity contribution >= 4 is 16.5 Å². The molecule has 2 aromatic carbocycles. The van der Waals surface area contributed by atoms with Crippen molar-refractivity contribution in [1.29, 1.82) is 0 Å². The average Bonchev–Trinajstić information content (AvgIpc) is 2.43. The number of hydrogen-bond acceptors (Lipinski definition) is 1. The zero-order chi connectivity index (χ0) is 13.2. The molecule has 1 nitrogen and oxygen atoms in total. The third-order valence-electron chi connectivity index (χ3n) is 4.66. The molecule has 100 valence electrons. The number of hydrogen-bond donors (Lipinski definition) is 1. The highest BCUT2D eigenvalue weighted by molar-refractivity contribution is 5.93. The predicted molar refractivity (Wildman–Crippen MR) is 83.5 cm³/mol. The zero-order valence-electron chi connectivity index (χ0n) is 11.9. The zero-order valence-corrected chi connectivity index (χ0v) is 11.9. The van der Waals surface area contributed by atoms with Gasteiger partial charge in [0, 0.05) is 17.1 Å². The Balaban J connectivity index is 1.92. The van der Waals surface area contributed by atoms with E-state index < -0.39 is 0 Å². The van der Waals surface area contributed by atoms with Crippen LogP contribution >= 0.6 is 0 Å². The molecule has 3 rings (SSSR count). The normalized spacial score (nSPS) is 27.4. The minimum atomic E-state index is 0.611. The molecule has 2 unspecified atom stereocenters. The van der Waals surface area contributed by atoms with Gasteiger partial charge in [-0.25, -0.2) is 0 Å². The maximum atomic E-state index is 3.82. The van der Waals surface area contributed by atoms with E-state index in [1.165, 1.54) is 35.7 Å². The first-order valence-corrected chi connectivity index (χ1v) is 7.50. The number of rotatable bonds is 2. The lowest BCUT2D eigenvalue weighted by Crippen LogP contribution is -2.37. The smallest absolute Gasteiger partial charge is 0.0422 e. The Morgan fingerprint density at radius 3 is 2.37 bits per heavy atom. The molecular weight excluding hydrogens is 230 g/mol. The second-order valence-electron chi connectivity index (χ2n) is 6.08. The van der Waals surface area contributed by atoms with Gasteiger partial charge in [-0.3, -0.25) is 0 Å². The van der Waals surface area contributed by atoms with Crippen LogP contribution in [0.5, 0.6) is 0 Å². The molecular formula is C18H23N. The van der Waals surface area contributed by atoms with Crippen LogP contribution in [0.2, 0.25) is 0 Å². The van der Waals surface area contributed by atoms with E-state index in [1.807, 2.05) is 0 Å². The number of fused-ring (bicyclic) bond motifs is 1. The van der Waals surface area contributed by atoms with E-state index in [4.69, 9.17) is 0 Å². The van der Waals surface area contributed by atoms with Gasteiger partial charge in [-0.15, -0.1) is 0 Å².